The molecule has 3 nitrogen and oxygen atoms in total. The van der Waals surface area contributed by atoms with Gasteiger partial charge in [-0.3, -0.25) is 4.79 Å². The van der Waals surface area contributed by atoms with Gasteiger partial charge >= 0.3 is 0 Å². The molecule has 1 aliphatic rings. The van der Waals surface area contributed by atoms with Crippen LogP contribution in [0.5, 0.6) is 0 Å². The van der Waals surface area contributed by atoms with Crippen molar-refractivity contribution >= 4 is 5.91 Å². The van der Waals surface area contributed by atoms with Crippen LogP contribution in [0.3, 0.4) is 0 Å². The summed E-state index contributed by atoms with van der Waals surface area (Å²) >= 11 is 0. The van der Waals surface area contributed by atoms with Crippen LogP contribution in [0.25, 0.3) is 0 Å². The monoisotopic (exact) mass is 195 g/mol. The number of carbonyl (C=O) groups is 1. The van der Waals surface area contributed by atoms with E-state index in [1.165, 1.54) is 0 Å². The fourth-order valence-corrected chi connectivity index (χ4v) is 1.08. The molecule has 1 rings (SSSR count). The predicted molar refractivity (Wildman–Crippen MR) is 55.7 cm³/mol. The number of epoxide rings is 1. The van der Waals surface area contributed by atoms with Crippen LogP contribution in [0.1, 0.15) is 20.3 Å². The van der Waals surface area contributed by atoms with E-state index in [1.54, 1.807) is 11.8 Å². The zero-order chi connectivity index (χ0) is 10.6. The molecule has 0 N–H and O–H groups in total. The first-order valence-corrected chi connectivity index (χ1v) is 4.90. The Balaban J connectivity index is 2.54. The molecule has 14 heavy (non-hydrogen) atoms. The lowest BCUT2D eigenvalue weighted by Crippen LogP contribution is -2.29. The summed E-state index contributed by atoms with van der Waals surface area (Å²) < 4.78 is 5.09. The average molecular weight is 195 g/mol. The van der Waals surface area contributed by atoms with E-state index in [9.17, 15) is 4.79 Å². The lowest BCUT2D eigenvalue weighted by Gasteiger charge is -2.16. The van der Waals surface area contributed by atoms with Gasteiger partial charge in [0, 0.05) is 11.8 Å². The van der Waals surface area contributed by atoms with E-state index in [0.717, 1.165) is 13.0 Å². The van der Waals surface area contributed by atoms with Crippen LogP contribution in [0.15, 0.2) is 24.4 Å². The lowest BCUT2D eigenvalue weighted by molar-refractivity contribution is -0.124. The second kappa shape index (κ2) is 4.96. The molecule has 0 spiro atoms. The van der Waals surface area contributed by atoms with Gasteiger partial charge in [-0.15, -0.1) is 0 Å². The zero-order valence-corrected chi connectivity index (χ0v) is 8.82. The van der Waals surface area contributed by atoms with E-state index in [1.807, 2.05) is 19.2 Å². The fourth-order valence-electron chi connectivity index (χ4n) is 1.08. The van der Waals surface area contributed by atoms with Gasteiger partial charge in [-0.2, -0.15) is 0 Å². The molecule has 1 heterocycles. The number of rotatable bonds is 5. The minimum atomic E-state index is -0.0230. The average Bonchev–Trinajstić information content (AvgIpc) is 2.94. The summed E-state index contributed by atoms with van der Waals surface area (Å²) in [6.07, 6.45) is 4.92. The first kappa shape index (κ1) is 11.0. The standard InChI is InChI=1S/C11H17NO2/c1-4-5-6-12(7-10-8-14-10)11(13)9(2)3/h5-6,10H,2,4,7-8H2,1,3H3. The number of hydrogen-bond acceptors (Lipinski definition) is 2. The third kappa shape index (κ3) is 3.34. The molecule has 0 aromatic carbocycles. The summed E-state index contributed by atoms with van der Waals surface area (Å²) in [6, 6.07) is 0. The lowest BCUT2D eigenvalue weighted by atomic mass is 10.3. The largest absolute Gasteiger partial charge is 0.371 e. The second-order valence-electron chi connectivity index (χ2n) is 3.49. The van der Waals surface area contributed by atoms with Crippen molar-refractivity contribution in [2.45, 2.75) is 26.4 Å². The number of nitrogens with zero attached hydrogens (tertiary/aromatic N) is 1. The van der Waals surface area contributed by atoms with Gasteiger partial charge in [-0.1, -0.05) is 19.6 Å². The van der Waals surface area contributed by atoms with Crippen molar-refractivity contribution in [3.05, 3.63) is 24.4 Å². The molecule has 0 bridgehead atoms. The van der Waals surface area contributed by atoms with Crippen LogP contribution in [-0.4, -0.2) is 30.1 Å². The molecular formula is C11H17NO2. The van der Waals surface area contributed by atoms with E-state index in [0.29, 0.717) is 12.1 Å². The maximum atomic E-state index is 11.6. The van der Waals surface area contributed by atoms with E-state index < -0.39 is 0 Å². The second-order valence-corrected chi connectivity index (χ2v) is 3.49. The molecule has 78 valence electrons. The molecule has 1 atom stereocenters. The van der Waals surface area contributed by atoms with E-state index in [-0.39, 0.29) is 12.0 Å². The molecule has 0 saturated carbocycles. The van der Waals surface area contributed by atoms with Crippen molar-refractivity contribution in [2.75, 3.05) is 13.2 Å². The van der Waals surface area contributed by atoms with Crippen LogP contribution in [0, 0.1) is 0 Å². The highest BCUT2D eigenvalue weighted by Crippen LogP contribution is 2.12. The Morgan fingerprint density at radius 2 is 2.36 bits per heavy atom. The van der Waals surface area contributed by atoms with E-state index in [4.69, 9.17) is 4.74 Å². The van der Waals surface area contributed by atoms with Gasteiger partial charge < -0.3 is 9.64 Å². The molecule has 0 aromatic rings. The van der Waals surface area contributed by atoms with Gasteiger partial charge in [0.05, 0.1) is 19.3 Å². The Labute approximate surface area is 85.0 Å². The summed E-state index contributed by atoms with van der Waals surface area (Å²) in [4.78, 5) is 13.3. The van der Waals surface area contributed by atoms with Crippen molar-refractivity contribution in [2.24, 2.45) is 0 Å². The molecule has 1 fully saturated rings. The van der Waals surface area contributed by atoms with Crippen LogP contribution in [0.4, 0.5) is 0 Å². The highest BCUT2D eigenvalue weighted by atomic mass is 16.6. The fraction of sp³-hybridized carbons (Fsp3) is 0.545. The molecule has 1 unspecified atom stereocenters. The minimum absolute atomic E-state index is 0.0230. The van der Waals surface area contributed by atoms with Gasteiger partial charge in [0.2, 0.25) is 0 Å². The van der Waals surface area contributed by atoms with Crippen molar-refractivity contribution < 1.29 is 9.53 Å². The highest BCUT2D eigenvalue weighted by molar-refractivity contribution is 5.92. The number of hydrogen-bond donors (Lipinski definition) is 0. The Hall–Kier alpha value is -1.09. The maximum Gasteiger partial charge on any atom is 0.252 e. The van der Waals surface area contributed by atoms with E-state index in [2.05, 4.69) is 6.58 Å². The third-order valence-electron chi connectivity index (χ3n) is 1.95. The van der Waals surface area contributed by atoms with Crippen LogP contribution in [-0.2, 0) is 9.53 Å². The number of allylic oxidation sites excluding steroid dienone is 1. The first-order valence-electron chi connectivity index (χ1n) is 4.90. The molecule has 3 heteroatoms. The summed E-state index contributed by atoms with van der Waals surface area (Å²) in [7, 11) is 0. The number of amides is 1. The van der Waals surface area contributed by atoms with Gasteiger partial charge in [0.1, 0.15) is 0 Å². The Bertz CT molecular complexity index is 254. The Morgan fingerprint density at radius 1 is 1.71 bits per heavy atom. The van der Waals surface area contributed by atoms with Crippen molar-refractivity contribution in [1.82, 2.24) is 4.90 Å². The molecule has 0 aliphatic carbocycles. The van der Waals surface area contributed by atoms with Crippen molar-refractivity contribution in [3.63, 3.8) is 0 Å². The van der Waals surface area contributed by atoms with Gasteiger partial charge in [-0.25, -0.2) is 0 Å². The van der Waals surface area contributed by atoms with Gasteiger partial charge in [0.15, 0.2) is 0 Å². The zero-order valence-electron chi connectivity index (χ0n) is 8.82. The number of carbonyl (C=O) groups excluding carboxylic acids is 1. The molecule has 0 radical (unpaired) electrons. The van der Waals surface area contributed by atoms with Crippen LogP contribution >= 0.6 is 0 Å². The normalized spacial score (nSPS) is 19.7. The predicted octanol–water partition coefficient (Wildman–Crippen LogP) is 1.71. The molecule has 1 aliphatic heterocycles. The summed E-state index contributed by atoms with van der Waals surface area (Å²) in [6.45, 7) is 8.81. The Kier molecular flexibility index (Phi) is 3.89. The summed E-state index contributed by atoms with van der Waals surface area (Å²) in [5, 5.41) is 0. The molecule has 0 aromatic heterocycles. The topological polar surface area (TPSA) is 32.8 Å². The molecular weight excluding hydrogens is 178 g/mol. The van der Waals surface area contributed by atoms with Crippen LogP contribution in [0.2, 0.25) is 0 Å². The first-order chi connectivity index (χ1) is 6.65. The summed E-state index contributed by atoms with van der Waals surface area (Å²) in [5.74, 6) is -0.0230. The van der Waals surface area contributed by atoms with E-state index >= 15 is 0 Å². The molecule has 1 saturated heterocycles. The quantitative estimate of drug-likeness (QED) is 0.494. The Morgan fingerprint density at radius 3 is 2.79 bits per heavy atom. The number of ether oxygens (including phenoxy) is 1. The minimum Gasteiger partial charge on any atom is -0.371 e. The SMILES string of the molecule is C=C(C)C(=O)N(C=CCC)CC1CO1. The van der Waals surface area contributed by atoms with Gasteiger partial charge in [-0.05, 0) is 13.3 Å². The molecule has 1 amide bonds. The smallest absolute Gasteiger partial charge is 0.252 e. The third-order valence-corrected chi connectivity index (χ3v) is 1.95. The summed E-state index contributed by atoms with van der Waals surface area (Å²) in [5.41, 5.74) is 0.561. The van der Waals surface area contributed by atoms with Crippen LogP contribution < -0.4 is 0 Å². The highest BCUT2D eigenvalue weighted by Gasteiger charge is 2.26. The van der Waals surface area contributed by atoms with Crippen molar-refractivity contribution in [1.29, 1.82) is 0 Å². The van der Waals surface area contributed by atoms with Gasteiger partial charge in [0.25, 0.3) is 5.91 Å². The maximum absolute atomic E-state index is 11.6. The van der Waals surface area contributed by atoms with Crippen molar-refractivity contribution in [3.8, 4) is 0 Å².